The molecular formula is C14H14INO. The highest BCUT2D eigenvalue weighted by molar-refractivity contribution is 14.0. The largest absolute Gasteiger partial charge is 0.872 e. The molecule has 0 N–H and O–H groups in total. The fourth-order valence-electron chi connectivity index (χ4n) is 1.51. The summed E-state index contributed by atoms with van der Waals surface area (Å²) in [6, 6.07) is 12.9. The van der Waals surface area contributed by atoms with Crippen molar-refractivity contribution >= 4 is 36.1 Å². The summed E-state index contributed by atoms with van der Waals surface area (Å²) in [5.41, 5.74) is 2.02. The van der Waals surface area contributed by atoms with Gasteiger partial charge in [-0.3, -0.25) is 0 Å². The SMILES string of the molecule is C[n+]1ccccc1/C=C/c1cccc([O-])c1.I. The molecule has 2 rings (SSSR count). The highest BCUT2D eigenvalue weighted by Gasteiger charge is 1.98. The first-order chi connectivity index (χ1) is 7.75. The lowest BCUT2D eigenvalue weighted by atomic mass is 10.2. The summed E-state index contributed by atoms with van der Waals surface area (Å²) in [5, 5.41) is 11.1. The van der Waals surface area contributed by atoms with Gasteiger partial charge in [-0.25, -0.2) is 4.57 Å². The van der Waals surface area contributed by atoms with Crippen molar-refractivity contribution in [2.45, 2.75) is 0 Å². The van der Waals surface area contributed by atoms with Gasteiger partial charge in [-0.2, -0.15) is 0 Å². The second-order valence-corrected chi connectivity index (χ2v) is 3.64. The third-order valence-electron chi connectivity index (χ3n) is 2.40. The third-order valence-corrected chi connectivity index (χ3v) is 2.40. The van der Waals surface area contributed by atoms with Crippen LogP contribution in [0.4, 0.5) is 0 Å². The van der Waals surface area contributed by atoms with Crippen molar-refractivity contribution in [1.29, 1.82) is 0 Å². The summed E-state index contributed by atoms with van der Waals surface area (Å²) < 4.78 is 2.03. The number of nitrogens with zero attached hydrogens (tertiary/aromatic N) is 1. The van der Waals surface area contributed by atoms with Crippen LogP contribution < -0.4 is 9.67 Å². The van der Waals surface area contributed by atoms with Crippen LogP contribution in [-0.4, -0.2) is 0 Å². The highest BCUT2D eigenvalue weighted by Crippen LogP contribution is 2.10. The van der Waals surface area contributed by atoms with Crippen molar-refractivity contribution in [1.82, 2.24) is 0 Å². The number of aromatic nitrogens is 1. The van der Waals surface area contributed by atoms with E-state index in [0.29, 0.717) is 0 Å². The van der Waals surface area contributed by atoms with Crippen molar-refractivity contribution in [3.8, 4) is 5.75 Å². The number of benzene rings is 1. The summed E-state index contributed by atoms with van der Waals surface area (Å²) in [6.07, 6.45) is 5.93. The van der Waals surface area contributed by atoms with Crippen LogP contribution in [0.25, 0.3) is 12.2 Å². The Morgan fingerprint density at radius 1 is 1.06 bits per heavy atom. The Hall–Kier alpha value is -1.36. The van der Waals surface area contributed by atoms with E-state index in [4.69, 9.17) is 0 Å². The Morgan fingerprint density at radius 2 is 1.88 bits per heavy atom. The van der Waals surface area contributed by atoms with Crippen LogP contribution in [0, 0.1) is 0 Å². The first-order valence-electron chi connectivity index (χ1n) is 5.15. The number of rotatable bonds is 2. The van der Waals surface area contributed by atoms with Crippen molar-refractivity contribution in [3.63, 3.8) is 0 Å². The first kappa shape index (κ1) is 13.7. The molecule has 0 aliphatic rings. The van der Waals surface area contributed by atoms with Crippen LogP contribution in [0.5, 0.6) is 5.75 Å². The van der Waals surface area contributed by atoms with Crippen LogP contribution in [0.15, 0.2) is 48.7 Å². The monoisotopic (exact) mass is 339 g/mol. The van der Waals surface area contributed by atoms with Gasteiger partial charge in [0.15, 0.2) is 6.20 Å². The van der Waals surface area contributed by atoms with E-state index in [2.05, 4.69) is 0 Å². The predicted octanol–water partition coefficient (Wildman–Crippen LogP) is 2.37. The topological polar surface area (TPSA) is 26.9 Å². The Balaban J connectivity index is 0.00000144. The molecule has 2 aromatic rings. The molecule has 1 heterocycles. The normalized spacial score (nSPS) is 10.2. The molecular weight excluding hydrogens is 325 g/mol. The van der Waals surface area contributed by atoms with Crippen molar-refractivity contribution in [2.75, 3.05) is 0 Å². The lowest BCUT2D eigenvalue weighted by molar-refractivity contribution is -0.673. The van der Waals surface area contributed by atoms with Crippen LogP contribution in [0.1, 0.15) is 11.3 Å². The summed E-state index contributed by atoms with van der Waals surface area (Å²) in [5.74, 6) is 0.0413. The molecule has 0 bridgehead atoms. The predicted molar refractivity (Wildman–Crippen MR) is 77.8 cm³/mol. The molecule has 0 amide bonds. The minimum Gasteiger partial charge on any atom is -0.872 e. The molecule has 0 atom stereocenters. The molecule has 1 aromatic heterocycles. The van der Waals surface area contributed by atoms with Crippen LogP contribution in [0.2, 0.25) is 0 Å². The third kappa shape index (κ3) is 3.85. The first-order valence-corrected chi connectivity index (χ1v) is 5.15. The van der Waals surface area contributed by atoms with Gasteiger partial charge in [0, 0.05) is 18.2 Å². The van der Waals surface area contributed by atoms with Gasteiger partial charge in [0.1, 0.15) is 7.05 Å². The molecule has 0 spiro atoms. The molecule has 0 fully saturated rings. The number of halogens is 1. The number of aryl methyl sites for hydroxylation is 1. The van der Waals surface area contributed by atoms with E-state index >= 15 is 0 Å². The summed E-state index contributed by atoms with van der Waals surface area (Å²) in [4.78, 5) is 0. The molecule has 3 heteroatoms. The van der Waals surface area contributed by atoms with Gasteiger partial charge in [-0.1, -0.05) is 24.3 Å². The minimum atomic E-state index is 0. The molecule has 0 radical (unpaired) electrons. The van der Waals surface area contributed by atoms with Crippen molar-refractivity contribution < 1.29 is 9.67 Å². The summed E-state index contributed by atoms with van der Waals surface area (Å²) in [7, 11) is 1.99. The van der Waals surface area contributed by atoms with E-state index in [1.807, 2.05) is 54.2 Å². The molecule has 2 nitrogen and oxygen atoms in total. The van der Waals surface area contributed by atoms with Gasteiger partial charge in [0.25, 0.3) is 0 Å². The zero-order valence-electron chi connectivity index (χ0n) is 9.54. The molecule has 0 aliphatic heterocycles. The highest BCUT2D eigenvalue weighted by atomic mass is 127. The average molecular weight is 339 g/mol. The van der Waals surface area contributed by atoms with Gasteiger partial charge in [0.2, 0.25) is 5.69 Å². The lowest BCUT2D eigenvalue weighted by Gasteiger charge is -2.03. The fraction of sp³-hybridized carbons (Fsp3) is 0.0714. The van der Waals surface area contributed by atoms with Gasteiger partial charge < -0.3 is 5.11 Å². The van der Waals surface area contributed by atoms with Gasteiger partial charge in [-0.05, 0) is 17.7 Å². The molecule has 0 unspecified atom stereocenters. The van der Waals surface area contributed by atoms with Crippen molar-refractivity contribution in [3.05, 3.63) is 59.9 Å². The molecule has 0 saturated carbocycles. The standard InChI is InChI=1S/C14H13NO.HI/c1-15-10-3-2-6-13(15)9-8-12-5-4-7-14(16)11-12;/h2-11H,1H3;1H/b9-8+;. The van der Waals surface area contributed by atoms with E-state index in [0.717, 1.165) is 11.3 Å². The van der Waals surface area contributed by atoms with E-state index < -0.39 is 0 Å². The molecule has 1 aromatic carbocycles. The average Bonchev–Trinajstić information content (AvgIpc) is 2.28. The second kappa shape index (κ2) is 6.39. The summed E-state index contributed by atoms with van der Waals surface area (Å²) >= 11 is 0. The van der Waals surface area contributed by atoms with E-state index in [9.17, 15) is 5.11 Å². The van der Waals surface area contributed by atoms with Gasteiger partial charge in [-0.15, -0.1) is 29.7 Å². The maximum absolute atomic E-state index is 11.1. The Labute approximate surface area is 118 Å². The smallest absolute Gasteiger partial charge is 0.204 e. The molecule has 88 valence electrons. The van der Waals surface area contributed by atoms with Crippen LogP contribution in [-0.2, 0) is 7.05 Å². The lowest BCUT2D eigenvalue weighted by Crippen LogP contribution is -2.30. The van der Waals surface area contributed by atoms with E-state index in [1.165, 1.54) is 0 Å². The quantitative estimate of drug-likeness (QED) is 0.610. The Morgan fingerprint density at radius 3 is 2.59 bits per heavy atom. The van der Waals surface area contributed by atoms with Gasteiger partial charge in [0.05, 0.1) is 0 Å². The van der Waals surface area contributed by atoms with E-state index in [1.54, 1.807) is 18.2 Å². The fourth-order valence-corrected chi connectivity index (χ4v) is 1.51. The minimum absolute atomic E-state index is 0. The Bertz CT molecular complexity index is 523. The van der Waals surface area contributed by atoms with Crippen LogP contribution >= 0.6 is 24.0 Å². The maximum atomic E-state index is 11.1. The van der Waals surface area contributed by atoms with Gasteiger partial charge >= 0.3 is 0 Å². The number of hydrogen-bond donors (Lipinski definition) is 0. The molecule has 0 saturated heterocycles. The number of pyridine rings is 1. The maximum Gasteiger partial charge on any atom is 0.204 e. The summed E-state index contributed by atoms with van der Waals surface area (Å²) in [6.45, 7) is 0. The second-order valence-electron chi connectivity index (χ2n) is 3.64. The number of hydrogen-bond acceptors (Lipinski definition) is 1. The zero-order chi connectivity index (χ0) is 11.4. The Kier molecular flexibility index (Phi) is 5.15. The van der Waals surface area contributed by atoms with E-state index in [-0.39, 0.29) is 29.7 Å². The molecule has 0 aliphatic carbocycles. The zero-order valence-corrected chi connectivity index (χ0v) is 11.9. The molecule has 17 heavy (non-hydrogen) atoms. The van der Waals surface area contributed by atoms with Crippen LogP contribution in [0.3, 0.4) is 0 Å². The van der Waals surface area contributed by atoms with Crippen molar-refractivity contribution in [2.24, 2.45) is 7.05 Å².